The molecule has 0 saturated carbocycles. The molecule has 27 heavy (non-hydrogen) atoms. The largest absolute Gasteiger partial charge is 0.302 e. The Morgan fingerprint density at radius 1 is 1.26 bits per heavy atom. The van der Waals surface area contributed by atoms with Crippen molar-refractivity contribution in [2.24, 2.45) is 0 Å². The first-order chi connectivity index (χ1) is 13.0. The lowest BCUT2D eigenvalue weighted by Crippen LogP contribution is -2.37. The molecule has 0 bridgehead atoms. The van der Waals surface area contributed by atoms with E-state index in [1.54, 1.807) is 0 Å². The lowest BCUT2D eigenvalue weighted by molar-refractivity contribution is 0.180. The van der Waals surface area contributed by atoms with Crippen LogP contribution in [0, 0.1) is 0 Å². The normalized spacial score (nSPS) is 20.7. The summed E-state index contributed by atoms with van der Waals surface area (Å²) in [6.07, 6.45) is 3.24. The summed E-state index contributed by atoms with van der Waals surface area (Å²) in [5.74, 6) is 0.927. The van der Waals surface area contributed by atoms with Crippen LogP contribution in [-0.4, -0.2) is 52.1 Å². The van der Waals surface area contributed by atoms with Crippen LogP contribution in [0.3, 0.4) is 0 Å². The highest BCUT2D eigenvalue weighted by molar-refractivity contribution is 9.10. The Balaban J connectivity index is 2.08. The van der Waals surface area contributed by atoms with Gasteiger partial charge in [0.15, 0.2) is 0 Å². The summed E-state index contributed by atoms with van der Waals surface area (Å²) in [6, 6.07) is 6.58. The van der Waals surface area contributed by atoms with Gasteiger partial charge < -0.3 is 4.90 Å². The fourth-order valence-electron chi connectivity index (χ4n) is 4.02. The summed E-state index contributed by atoms with van der Waals surface area (Å²) < 4.78 is 2.80. The van der Waals surface area contributed by atoms with E-state index in [0.717, 1.165) is 54.7 Å². The summed E-state index contributed by atoms with van der Waals surface area (Å²) in [6.45, 7) is 10.3. The van der Waals surface area contributed by atoms with Crippen molar-refractivity contribution < 1.29 is 0 Å². The molecule has 0 unspecified atom stereocenters. The highest BCUT2D eigenvalue weighted by Crippen LogP contribution is 2.27. The van der Waals surface area contributed by atoms with Gasteiger partial charge in [-0.05, 0) is 51.9 Å². The van der Waals surface area contributed by atoms with Crippen molar-refractivity contribution in [1.82, 2.24) is 19.4 Å². The SMILES string of the molecule is CCC[C@@H](c1nc2ccc(Br)cc2c(=O)n1CC)N1CC[C@H](C)N(C)CC1. The number of fused-ring (bicyclic) bond motifs is 1. The average Bonchev–Trinajstić information content (AvgIpc) is 2.82. The van der Waals surface area contributed by atoms with Crippen LogP contribution in [0.1, 0.15) is 51.9 Å². The molecular weight excluding hydrogens is 404 g/mol. The van der Waals surface area contributed by atoms with Gasteiger partial charge >= 0.3 is 0 Å². The molecule has 1 fully saturated rings. The van der Waals surface area contributed by atoms with E-state index in [0.29, 0.717) is 18.0 Å². The molecule has 1 aliphatic heterocycles. The predicted octanol–water partition coefficient (Wildman–Crippen LogP) is 4.05. The fourth-order valence-corrected chi connectivity index (χ4v) is 4.38. The van der Waals surface area contributed by atoms with Crippen molar-refractivity contribution in [3.8, 4) is 0 Å². The third-order valence-electron chi connectivity index (χ3n) is 5.89. The minimum Gasteiger partial charge on any atom is -0.302 e. The second kappa shape index (κ2) is 8.84. The maximum absolute atomic E-state index is 13.2. The van der Waals surface area contributed by atoms with E-state index < -0.39 is 0 Å². The number of halogens is 1. The van der Waals surface area contributed by atoms with Crippen molar-refractivity contribution in [2.45, 2.75) is 58.7 Å². The minimum absolute atomic E-state index is 0.0696. The van der Waals surface area contributed by atoms with Crippen LogP contribution in [0.4, 0.5) is 0 Å². The molecule has 0 N–H and O–H groups in total. The second-order valence-corrected chi connectivity index (χ2v) is 8.56. The molecule has 1 saturated heterocycles. The Labute approximate surface area is 170 Å². The number of benzene rings is 1. The lowest BCUT2D eigenvalue weighted by atomic mass is 10.1. The van der Waals surface area contributed by atoms with Crippen LogP contribution >= 0.6 is 15.9 Å². The second-order valence-electron chi connectivity index (χ2n) is 7.64. The lowest BCUT2D eigenvalue weighted by Gasteiger charge is -2.31. The molecule has 0 amide bonds. The van der Waals surface area contributed by atoms with E-state index in [2.05, 4.69) is 46.6 Å². The van der Waals surface area contributed by atoms with Gasteiger partial charge in [-0.3, -0.25) is 14.3 Å². The Hall–Kier alpha value is -1.24. The maximum atomic E-state index is 13.2. The number of aromatic nitrogens is 2. The van der Waals surface area contributed by atoms with Gasteiger partial charge in [-0.15, -0.1) is 0 Å². The molecule has 0 aliphatic carbocycles. The van der Waals surface area contributed by atoms with E-state index in [1.807, 2.05) is 29.7 Å². The highest BCUT2D eigenvalue weighted by atomic mass is 79.9. The average molecular weight is 435 g/mol. The number of rotatable bonds is 5. The molecule has 0 radical (unpaired) electrons. The molecule has 2 heterocycles. The van der Waals surface area contributed by atoms with Crippen LogP contribution in [0.15, 0.2) is 27.5 Å². The van der Waals surface area contributed by atoms with Crippen LogP contribution in [0.5, 0.6) is 0 Å². The first-order valence-corrected chi connectivity index (χ1v) is 10.9. The molecule has 148 valence electrons. The first-order valence-electron chi connectivity index (χ1n) is 10.1. The Morgan fingerprint density at radius 3 is 2.74 bits per heavy atom. The summed E-state index contributed by atoms with van der Waals surface area (Å²) >= 11 is 3.48. The molecule has 1 aromatic heterocycles. The van der Waals surface area contributed by atoms with E-state index in [1.165, 1.54) is 0 Å². The topological polar surface area (TPSA) is 41.4 Å². The quantitative estimate of drug-likeness (QED) is 0.711. The summed E-state index contributed by atoms with van der Waals surface area (Å²) in [4.78, 5) is 23.1. The van der Waals surface area contributed by atoms with E-state index >= 15 is 0 Å². The van der Waals surface area contributed by atoms with Gasteiger partial charge in [0.1, 0.15) is 5.82 Å². The van der Waals surface area contributed by atoms with Crippen molar-refractivity contribution in [3.63, 3.8) is 0 Å². The molecule has 3 rings (SSSR count). The van der Waals surface area contributed by atoms with E-state index in [4.69, 9.17) is 4.98 Å². The number of hydrogen-bond acceptors (Lipinski definition) is 4. The molecule has 2 atom stereocenters. The molecule has 2 aromatic rings. The van der Waals surface area contributed by atoms with Gasteiger partial charge in [-0.1, -0.05) is 29.3 Å². The van der Waals surface area contributed by atoms with Crippen LogP contribution in [-0.2, 0) is 6.54 Å². The van der Waals surface area contributed by atoms with Crippen LogP contribution < -0.4 is 5.56 Å². The summed E-state index contributed by atoms with van der Waals surface area (Å²) in [7, 11) is 2.21. The zero-order valence-corrected chi connectivity index (χ0v) is 18.5. The van der Waals surface area contributed by atoms with Crippen molar-refractivity contribution >= 4 is 26.8 Å². The van der Waals surface area contributed by atoms with Gasteiger partial charge in [0.25, 0.3) is 5.56 Å². The number of likely N-dealkylation sites (N-methyl/N-ethyl adjacent to an activating group) is 1. The van der Waals surface area contributed by atoms with Gasteiger partial charge in [-0.2, -0.15) is 0 Å². The molecule has 6 heteroatoms. The van der Waals surface area contributed by atoms with Gasteiger partial charge in [-0.25, -0.2) is 4.98 Å². The van der Waals surface area contributed by atoms with Gasteiger partial charge in [0.2, 0.25) is 0 Å². The molecule has 5 nitrogen and oxygen atoms in total. The standard InChI is InChI=1S/C21H31BrN4O/c1-5-7-19(25-11-10-15(3)24(4)12-13-25)20-23-18-9-8-16(22)14-17(18)21(27)26(20)6-2/h8-9,14-15,19H,5-7,10-13H2,1-4H3/t15-,19-/m0/s1. The van der Waals surface area contributed by atoms with Crippen molar-refractivity contribution in [3.05, 3.63) is 38.9 Å². The predicted molar refractivity (Wildman–Crippen MR) is 115 cm³/mol. The first kappa shape index (κ1) is 20.5. The minimum atomic E-state index is 0.0696. The van der Waals surface area contributed by atoms with Gasteiger partial charge in [0.05, 0.1) is 16.9 Å². The molecule has 1 aliphatic rings. The van der Waals surface area contributed by atoms with E-state index in [-0.39, 0.29) is 11.6 Å². The van der Waals surface area contributed by atoms with Crippen molar-refractivity contribution in [2.75, 3.05) is 26.7 Å². The Kier molecular flexibility index (Phi) is 6.71. The number of hydrogen-bond donors (Lipinski definition) is 0. The Bertz CT molecular complexity index is 838. The molecular formula is C21H31BrN4O. The monoisotopic (exact) mass is 434 g/mol. The van der Waals surface area contributed by atoms with Crippen molar-refractivity contribution in [1.29, 1.82) is 0 Å². The summed E-state index contributed by atoms with van der Waals surface area (Å²) in [5, 5.41) is 0.689. The number of nitrogens with zero attached hydrogens (tertiary/aromatic N) is 4. The molecule has 0 spiro atoms. The summed E-state index contributed by atoms with van der Waals surface area (Å²) in [5.41, 5.74) is 0.865. The third kappa shape index (κ3) is 4.28. The highest BCUT2D eigenvalue weighted by Gasteiger charge is 2.28. The zero-order valence-electron chi connectivity index (χ0n) is 16.9. The zero-order chi connectivity index (χ0) is 19.6. The molecule has 1 aromatic carbocycles. The van der Waals surface area contributed by atoms with E-state index in [9.17, 15) is 4.79 Å². The van der Waals surface area contributed by atoms with Crippen LogP contribution in [0.2, 0.25) is 0 Å². The smallest absolute Gasteiger partial charge is 0.261 e. The third-order valence-corrected chi connectivity index (χ3v) is 6.38. The maximum Gasteiger partial charge on any atom is 0.261 e. The fraction of sp³-hybridized carbons (Fsp3) is 0.619. The van der Waals surface area contributed by atoms with Gasteiger partial charge in [0, 0.05) is 36.7 Å². The Morgan fingerprint density at radius 2 is 2.04 bits per heavy atom. The van der Waals surface area contributed by atoms with Crippen LogP contribution in [0.25, 0.3) is 10.9 Å².